The summed E-state index contributed by atoms with van der Waals surface area (Å²) < 4.78 is 4.81. The molecule has 0 fully saturated rings. The van der Waals surface area contributed by atoms with E-state index in [4.69, 9.17) is 9.84 Å². The lowest BCUT2D eigenvalue weighted by atomic mass is 10.3. The molecule has 0 spiro atoms. The molecule has 0 unspecified atom stereocenters. The largest absolute Gasteiger partial charge is 0.480 e. The fraction of sp³-hybridized carbons (Fsp3) is 0.615. The van der Waals surface area contributed by atoms with Gasteiger partial charge in [0.05, 0.1) is 6.61 Å². The maximum atomic E-state index is 12.3. The number of carbonyl (C=O) groups is 3. The van der Waals surface area contributed by atoms with Crippen LogP contribution in [-0.2, 0) is 14.3 Å². The Kier molecular flexibility index (Phi) is 8.03. The van der Waals surface area contributed by atoms with Crippen LogP contribution in [0, 0.1) is 0 Å². The summed E-state index contributed by atoms with van der Waals surface area (Å²) in [5.41, 5.74) is 0. The minimum absolute atomic E-state index is 0.0944. The van der Waals surface area contributed by atoms with Gasteiger partial charge in [-0.05, 0) is 20.8 Å². The van der Waals surface area contributed by atoms with Crippen LogP contribution in [0.3, 0.4) is 0 Å². The van der Waals surface area contributed by atoms with Crippen LogP contribution in [0.15, 0.2) is 12.7 Å². The third-order valence-corrected chi connectivity index (χ3v) is 2.42. The first-order chi connectivity index (χ1) is 9.33. The number of hydrogen-bond acceptors (Lipinski definition) is 4. The highest BCUT2D eigenvalue weighted by molar-refractivity contribution is 5.84. The van der Waals surface area contributed by atoms with Crippen molar-refractivity contribution < 1.29 is 24.2 Å². The number of carboxylic acid groups (broad SMARTS) is 1. The normalized spacial score (nSPS) is 10.0. The SMILES string of the molecule is C=CCN(CC(=O)O)C(=O)N(CC(=O)OCC)C(C)C. The van der Waals surface area contributed by atoms with Crippen LogP contribution in [0.1, 0.15) is 20.8 Å². The van der Waals surface area contributed by atoms with Crippen LogP contribution >= 0.6 is 0 Å². The molecule has 0 saturated heterocycles. The van der Waals surface area contributed by atoms with Crippen molar-refractivity contribution in [1.82, 2.24) is 9.80 Å². The molecule has 0 heterocycles. The van der Waals surface area contributed by atoms with E-state index in [1.54, 1.807) is 20.8 Å². The molecular weight excluding hydrogens is 264 g/mol. The molecule has 0 aromatic rings. The fourth-order valence-corrected chi connectivity index (χ4v) is 1.53. The molecule has 0 aliphatic rings. The molecule has 0 saturated carbocycles. The number of esters is 1. The molecule has 0 aliphatic carbocycles. The highest BCUT2D eigenvalue weighted by Gasteiger charge is 2.26. The van der Waals surface area contributed by atoms with E-state index in [0.717, 1.165) is 4.90 Å². The number of aliphatic carboxylic acids is 1. The van der Waals surface area contributed by atoms with Gasteiger partial charge in [-0.1, -0.05) is 6.08 Å². The zero-order valence-corrected chi connectivity index (χ0v) is 12.2. The molecule has 114 valence electrons. The predicted molar refractivity (Wildman–Crippen MR) is 73.3 cm³/mol. The first kappa shape index (κ1) is 17.9. The van der Waals surface area contributed by atoms with Gasteiger partial charge in [0.25, 0.3) is 0 Å². The van der Waals surface area contributed by atoms with E-state index >= 15 is 0 Å². The molecule has 0 bridgehead atoms. The lowest BCUT2D eigenvalue weighted by Crippen LogP contribution is -2.50. The van der Waals surface area contributed by atoms with Crippen LogP contribution in [0.4, 0.5) is 4.79 Å². The molecule has 7 nitrogen and oxygen atoms in total. The van der Waals surface area contributed by atoms with Gasteiger partial charge in [0, 0.05) is 12.6 Å². The molecule has 0 radical (unpaired) electrons. The first-order valence-corrected chi connectivity index (χ1v) is 6.37. The van der Waals surface area contributed by atoms with Gasteiger partial charge in [-0.2, -0.15) is 0 Å². The van der Waals surface area contributed by atoms with E-state index in [-0.39, 0.29) is 25.7 Å². The number of nitrogens with zero attached hydrogens (tertiary/aromatic N) is 2. The van der Waals surface area contributed by atoms with Crippen molar-refractivity contribution in [2.24, 2.45) is 0 Å². The number of carbonyl (C=O) groups excluding carboxylic acids is 2. The Balaban J connectivity index is 4.94. The summed E-state index contributed by atoms with van der Waals surface area (Å²) >= 11 is 0. The predicted octanol–water partition coefficient (Wildman–Crippen LogP) is 0.952. The Morgan fingerprint density at radius 1 is 1.30 bits per heavy atom. The molecule has 0 atom stereocenters. The van der Waals surface area contributed by atoms with Crippen molar-refractivity contribution in [3.05, 3.63) is 12.7 Å². The second-order valence-corrected chi connectivity index (χ2v) is 4.37. The van der Waals surface area contributed by atoms with E-state index in [9.17, 15) is 14.4 Å². The quantitative estimate of drug-likeness (QED) is 0.530. The molecule has 0 rings (SSSR count). The number of ether oxygens (including phenoxy) is 1. The Bertz CT molecular complexity index is 368. The average molecular weight is 286 g/mol. The van der Waals surface area contributed by atoms with Gasteiger partial charge in [-0.25, -0.2) is 4.79 Å². The van der Waals surface area contributed by atoms with Crippen molar-refractivity contribution in [2.75, 3.05) is 26.2 Å². The third-order valence-electron chi connectivity index (χ3n) is 2.42. The smallest absolute Gasteiger partial charge is 0.325 e. The molecule has 1 N–H and O–H groups in total. The fourth-order valence-electron chi connectivity index (χ4n) is 1.53. The number of hydrogen-bond donors (Lipinski definition) is 1. The summed E-state index contributed by atoms with van der Waals surface area (Å²) in [5, 5.41) is 8.81. The zero-order chi connectivity index (χ0) is 15.7. The Morgan fingerprint density at radius 2 is 1.90 bits per heavy atom. The maximum Gasteiger partial charge on any atom is 0.325 e. The summed E-state index contributed by atoms with van der Waals surface area (Å²) in [4.78, 5) is 36.9. The second-order valence-electron chi connectivity index (χ2n) is 4.37. The van der Waals surface area contributed by atoms with Crippen molar-refractivity contribution >= 4 is 18.0 Å². The van der Waals surface area contributed by atoms with Gasteiger partial charge in [0.1, 0.15) is 13.1 Å². The highest BCUT2D eigenvalue weighted by Crippen LogP contribution is 2.06. The van der Waals surface area contributed by atoms with Gasteiger partial charge >= 0.3 is 18.0 Å². The topological polar surface area (TPSA) is 87.2 Å². The molecular formula is C13H22N2O5. The summed E-state index contributed by atoms with van der Waals surface area (Å²) in [6.07, 6.45) is 1.43. The highest BCUT2D eigenvalue weighted by atomic mass is 16.5. The number of amides is 2. The van der Waals surface area contributed by atoms with Crippen LogP contribution in [-0.4, -0.2) is 65.2 Å². The molecule has 0 aromatic heterocycles. The van der Waals surface area contributed by atoms with Crippen LogP contribution in [0.2, 0.25) is 0 Å². The van der Waals surface area contributed by atoms with Gasteiger partial charge < -0.3 is 19.6 Å². The van der Waals surface area contributed by atoms with Crippen molar-refractivity contribution in [3.8, 4) is 0 Å². The Morgan fingerprint density at radius 3 is 2.30 bits per heavy atom. The van der Waals surface area contributed by atoms with Crippen molar-refractivity contribution in [2.45, 2.75) is 26.8 Å². The second kappa shape index (κ2) is 8.95. The van der Waals surface area contributed by atoms with Gasteiger partial charge in [0.2, 0.25) is 0 Å². The first-order valence-electron chi connectivity index (χ1n) is 6.37. The summed E-state index contributed by atoms with van der Waals surface area (Å²) in [6.45, 7) is 8.31. The molecule has 20 heavy (non-hydrogen) atoms. The monoisotopic (exact) mass is 286 g/mol. The number of rotatable bonds is 8. The standard InChI is InChI=1S/C13H22N2O5/c1-5-7-14(8-11(16)17)13(19)15(10(3)4)9-12(18)20-6-2/h5,10H,1,6-9H2,2-4H3,(H,16,17). The zero-order valence-electron chi connectivity index (χ0n) is 12.2. The lowest BCUT2D eigenvalue weighted by molar-refractivity contribution is -0.144. The van der Waals surface area contributed by atoms with Gasteiger partial charge in [0.15, 0.2) is 0 Å². The molecule has 0 aliphatic heterocycles. The summed E-state index contributed by atoms with van der Waals surface area (Å²) in [7, 11) is 0. The van der Waals surface area contributed by atoms with E-state index < -0.39 is 24.5 Å². The van der Waals surface area contributed by atoms with E-state index in [2.05, 4.69) is 6.58 Å². The van der Waals surface area contributed by atoms with Crippen LogP contribution < -0.4 is 0 Å². The minimum Gasteiger partial charge on any atom is -0.480 e. The van der Waals surface area contributed by atoms with Crippen molar-refractivity contribution in [3.63, 3.8) is 0 Å². The average Bonchev–Trinajstić information content (AvgIpc) is 2.34. The van der Waals surface area contributed by atoms with Gasteiger partial charge in [-0.3, -0.25) is 9.59 Å². The molecule has 2 amide bonds. The molecule has 7 heteroatoms. The molecule has 0 aromatic carbocycles. The summed E-state index contributed by atoms with van der Waals surface area (Å²) in [6, 6.07) is -0.789. The van der Waals surface area contributed by atoms with Crippen LogP contribution in [0.5, 0.6) is 0 Å². The van der Waals surface area contributed by atoms with E-state index in [1.807, 2.05) is 0 Å². The Labute approximate surface area is 118 Å². The number of carboxylic acids is 1. The Hall–Kier alpha value is -2.05. The van der Waals surface area contributed by atoms with Crippen molar-refractivity contribution in [1.29, 1.82) is 0 Å². The van der Waals surface area contributed by atoms with Crippen LogP contribution in [0.25, 0.3) is 0 Å². The summed E-state index contributed by atoms with van der Waals surface area (Å²) in [5.74, 6) is -1.65. The minimum atomic E-state index is -1.12. The van der Waals surface area contributed by atoms with E-state index in [0.29, 0.717) is 0 Å². The third kappa shape index (κ3) is 6.21. The number of urea groups is 1. The lowest BCUT2D eigenvalue weighted by Gasteiger charge is -2.31. The maximum absolute atomic E-state index is 12.3. The van der Waals surface area contributed by atoms with Gasteiger partial charge in [-0.15, -0.1) is 6.58 Å². The van der Waals surface area contributed by atoms with E-state index in [1.165, 1.54) is 11.0 Å².